The van der Waals surface area contributed by atoms with E-state index in [-0.39, 0.29) is 11.8 Å². The summed E-state index contributed by atoms with van der Waals surface area (Å²) in [7, 11) is 0. The van der Waals surface area contributed by atoms with Crippen molar-refractivity contribution in [2.75, 3.05) is 13.1 Å². The van der Waals surface area contributed by atoms with Crippen LogP contribution < -0.4 is 11.1 Å². The number of likely N-dealkylation sites (tertiary alicyclic amines) is 1. The van der Waals surface area contributed by atoms with Gasteiger partial charge >= 0.3 is 0 Å². The second-order valence-corrected chi connectivity index (χ2v) is 7.84. The highest BCUT2D eigenvalue weighted by molar-refractivity contribution is 5.92. The molecule has 0 unspecified atom stereocenters. The van der Waals surface area contributed by atoms with Gasteiger partial charge in [0, 0.05) is 30.1 Å². The number of nitrogens with zero attached hydrogens (tertiary/aromatic N) is 2. The standard InChI is InChI=1S/C24H26N4O3/c25-22(29)18-8-6-17(7-9-18)14-26-23(30)19-10-12-28(13-11-19)15-21-16-31-24(27-21)20-4-2-1-3-5-20/h1-9,16,19H,10-15H2,(H2,25,29)(H,26,30). The van der Waals surface area contributed by atoms with E-state index in [2.05, 4.69) is 15.2 Å². The minimum Gasteiger partial charge on any atom is -0.444 e. The highest BCUT2D eigenvalue weighted by Gasteiger charge is 2.25. The summed E-state index contributed by atoms with van der Waals surface area (Å²) in [6.07, 6.45) is 3.34. The van der Waals surface area contributed by atoms with E-state index in [1.807, 2.05) is 42.5 Å². The highest BCUT2D eigenvalue weighted by Crippen LogP contribution is 2.22. The lowest BCUT2D eigenvalue weighted by molar-refractivity contribution is -0.126. The third kappa shape index (κ3) is 5.38. The molecule has 0 spiro atoms. The summed E-state index contributed by atoms with van der Waals surface area (Å²) in [4.78, 5) is 30.6. The molecule has 160 valence electrons. The SMILES string of the molecule is NC(=O)c1ccc(CNC(=O)C2CCN(Cc3coc(-c4ccccc4)n3)CC2)cc1. The Morgan fingerprint density at radius 3 is 2.45 bits per heavy atom. The van der Waals surface area contributed by atoms with E-state index in [9.17, 15) is 9.59 Å². The molecule has 3 aromatic rings. The third-order valence-corrected chi connectivity index (χ3v) is 5.62. The van der Waals surface area contributed by atoms with Crippen LogP contribution in [0.25, 0.3) is 11.5 Å². The Bertz CT molecular complexity index is 1020. The van der Waals surface area contributed by atoms with Crippen molar-refractivity contribution in [2.24, 2.45) is 11.7 Å². The second-order valence-electron chi connectivity index (χ2n) is 7.84. The zero-order chi connectivity index (χ0) is 21.6. The number of nitrogens with two attached hydrogens (primary N) is 1. The summed E-state index contributed by atoms with van der Waals surface area (Å²) >= 11 is 0. The Balaban J connectivity index is 1.22. The van der Waals surface area contributed by atoms with Crippen LogP contribution >= 0.6 is 0 Å². The van der Waals surface area contributed by atoms with E-state index >= 15 is 0 Å². The Labute approximate surface area is 181 Å². The van der Waals surface area contributed by atoms with Crippen molar-refractivity contribution >= 4 is 11.8 Å². The maximum absolute atomic E-state index is 12.5. The first-order valence-electron chi connectivity index (χ1n) is 10.5. The van der Waals surface area contributed by atoms with Crippen molar-refractivity contribution in [1.29, 1.82) is 0 Å². The number of aromatic nitrogens is 1. The molecule has 4 rings (SSSR count). The molecule has 2 amide bonds. The fraction of sp³-hybridized carbons (Fsp3) is 0.292. The van der Waals surface area contributed by atoms with E-state index in [0.717, 1.165) is 49.3 Å². The van der Waals surface area contributed by atoms with Crippen molar-refractivity contribution < 1.29 is 14.0 Å². The van der Waals surface area contributed by atoms with Gasteiger partial charge < -0.3 is 15.5 Å². The maximum Gasteiger partial charge on any atom is 0.248 e. The predicted molar refractivity (Wildman–Crippen MR) is 117 cm³/mol. The number of carbonyl (C=O) groups is 2. The summed E-state index contributed by atoms with van der Waals surface area (Å²) < 4.78 is 5.62. The van der Waals surface area contributed by atoms with E-state index in [4.69, 9.17) is 10.2 Å². The molecule has 0 aliphatic carbocycles. The zero-order valence-corrected chi connectivity index (χ0v) is 17.3. The van der Waals surface area contributed by atoms with Gasteiger partial charge in [-0.1, -0.05) is 30.3 Å². The molecule has 3 N–H and O–H groups in total. The second kappa shape index (κ2) is 9.57. The van der Waals surface area contributed by atoms with Crippen molar-refractivity contribution in [3.8, 4) is 11.5 Å². The highest BCUT2D eigenvalue weighted by atomic mass is 16.3. The number of carbonyl (C=O) groups excluding carboxylic acids is 2. The molecular weight excluding hydrogens is 392 g/mol. The molecule has 2 heterocycles. The van der Waals surface area contributed by atoms with Crippen LogP contribution in [0.3, 0.4) is 0 Å². The topological polar surface area (TPSA) is 101 Å². The summed E-state index contributed by atoms with van der Waals surface area (Å²) in [6, 6.07) is 16.8. The molecule has 0 bridgehead atoms. The van der Waals surface area contributed by atoms with Crippen LogP contribution in [0.5, 0.6) is 0 Å². The lowest BCUT2D eigenvalue weighted by Gasteiger charge is -2.30. The minimum atomic E-state index is -0.454. The lowest BCUT2D eigenvalue weighted by Crippen LogP contribution is -2.40. The smallest absolute Gasteiger partial charge is 0.248 e. The fourth-order valence-electron chi connectivity index (χ4n) is 3.80. The quantitative estimate of drug-likeness (QED) is 0.614. The van der Waals surface area contributed by atoms with Gasteiger partial charge in [-0.15, -0.1) is 0 Å². The van der Waals surface area contributed by atoms with Crippen molar-refractivity contribution in [1.82, 2.24) is 15.2 Å². The van der Waals surface area contributed by atoms with Gasteiger partial charge in [0.2, 0.25) is 17.7 Å². The predicted octanol–water partition coefficient (Wildman–Crippen LogP) is 2.97. The van der Waals surface area contributed by atoms with Gasteiger partial charge in [0.15, 0.2) is 0 Å². The van der Waals surface area contributed by atoms with Crippen LogP contribution in [0.15, 0.2) is 65.3 Å². The van der Waals surface area contributed by atoms with E-state index in [1.54, 1.807) is 18.4 Å². The van der Waals surface area contributed by atoms with Crippen LogP contribution in [0, 0.1) is 5.92 Å². The van der Waals surface area contributed by atoms with Gasteiger partial charge in [-0.2, -0.15) is 0 Å². The number of hydrogen-bond acceptors (Lipinski definition) is 5. The van der Waals surface area contributed by atoms with Crippen LogP contribution in [0.4, 0.5) is 0 Å². The van der Waals surface area contributed by atoms with Gasteiger partial charge in [0.05, 0.1) is 5.69 Å². The summed E-state index contributed by atoms with van der Waals surface area (Å²) in [5.74, 6) is 0.266. The fourth-order valence-corrected chi connectivity index (χ4v) is 3.80. The van der Waals surface area contributed by atoms with Crippen molar-refractivity contribution in [3.63, 3.8) is 0 Å². The number of piperidine rings is 1. The van der Waals surface area contributed by atoms with Crippen LogP contribution in [0.2, 0.25) is 0 Å². The van der Waals surface area contributed by atoms with E-state index < -0.39 is 5.91 Å². The Hall–Kier alpha value is -3.45. The zero-order valence-electron chi connectivity index (χ0n) is 17.3. The molecule has 1 fully saturated rings. The molecule has 1 aliphatic rings. The first-order valence-corrected chi connectivity index (χ1v) is 10.5. The Morgan fingerprint density at radius 1 is 1.06 bits per heavy atom. The number of oxazole rings is 1. The largest absolute Gasteiger partial charge is 0.444 e. The monoisotopic (exact) mass is 418 g/mol. The van der Waals surface area contributed by atoms with Gasteiger partial charge in [-0.3, -0.25) is 14.5 Å². The molecule has 0 atom stereocenters. The van der Waals surface area contributed by atoms with Crippen molar-refractivity contribution in [3.05, 3.63) is 77.7 Å². The van der Waals surface area contributed by atoms with Crippen LogP contribution in [-0.4, -0.2) is 34.8 Å². The molecule has 31 heavy (non-hydrogen) atoms. The molecule has 1 aromatic heterocycles. The number of nitrogens with one attached hydrogen (secondary N) is 1. The molecule has 0 saturated carbocycles. The average molecular weight is 418 g/mol. The molecule has 2 aromatic carbocycles. The summed E-state index contributed by atoms with van der Waals surface area (Å²) in [5.41, 5.74) is 8.52. The van der Waals surface area contributed by atoms with Crippen LogP contribution in [-0.2, 0) is 17.9 Å². The number of primary amides is 1. The molecular formula is C24H26N4O3. The van der Waals surface area contributed by atoms with E-state index in [0.29, 0.717) is 18.0 Å². The van der Waals surface area contributed by atoms with Gasteiger partial charge in [-0.25, -0.2) is 4.98 Å². The Kier molecular flexibility index (Phi) is 6.43. The Morgan fingerprint density at radius 2 is 1.77 bits per heavy atom. The lowest BCUT2D eigenvalue weighted by atomic mass is 9.95. The molecule has 0 radical (unpaired) electrons. The number of hydrogen-bond donors (Lipinski definition) is 2. The first-order chi connectivity index (χ1) is 15.1. The molecule has 7 nitrogen and oxygen atoms in total. The minimum absolute atomic E-state index is 0.0123. The van der Waals surface area contributed by atoms with Gasteiger partial charge in [-0.05, 0) is 55.8 Å². The van der Waals surface area contributed by atoms with Gasteiger partial charge in [0.1, 0.15) is 6.26 Å². The van der Waals surface area contributed by atoms with Crippen molar-refractivity contribution in [2.45, 2.75) is 25.9 Å². The first kappa shape index (κ1) is 20.8. The van der Waals surface area contributed by atoms with Gasteiger partial charge in [0.25, 0.3) is 0 Å². The number of rotatable bonds is 7. The third-order valence-electron chi connectivity index (χ3n) is 5.62. The summed E-state index contributed by atoms with van der Waals surface area (Å²) in [5, 5.41) is 3.00. The summed E-state index contributed by atoms with van der Waals surface area (Å²) in [6.45, 7) is 2.86. The number of amides is 2. The number of benzene rings is 2. The maximum atomic E-state index is 12.5. The van der Waals surface area contributed by atoms with E-state index in [1.165, 1.54) is 0 Å². The average Bonchev–Trinajstić information content (AvgIpc) is 3.27. The molecule has 7 heteroatoms. The molecule has 1 aliphatic heterocycles. The molecule has 1 saturated heterocycles. The normalized spacial score (nSPS) is 15.0. The van der Waals surface area contributed by atoms with Crippen LogP contribution in [0.1, 0.15) is 34.5 Å².